The summed E-state index contributed by atoms with van der Waals surface area (Å²) in [5.74, 6) is 1.08. The SMILES string of the molecule is O=C(N[C@H](CN1CCCC1)[C@H](O)c1ccc2c(c1)OCCO2)[C@@H]1CCN(c2ccc(Cl)cc2Cl)C1. The molecule has 2 N–H and O–H groups in total. The third-order valence-corrected chi connectivity index (χ3v) is 7.62. The Labute approximate surface area is 215 Å². The van der Waals surface area contributed by atoms with E-state index in [1.54, 1.807) is 6.07 Å². The number of benzene rings is 2. The van der Waals surface area contributed by atoms with Crippen molar-refractivity contribution in [2.45, 2.75) is 31.4 Å². The van der Waals surface area contributed by atoms with E-state index < -0.39 is 12.1 Å². The summed E-state index contributed by atoms with van der Waals surface area (Å²) in [4.78, 5) is 17.8. The normalized spacial score (nSPS) is 21.7. The Hall–Kier alpha value is -2.19. The summed E-state index contributed by atoms with van der Waals surface area (Å²) in [6.07, 6.45) is 2.14. The molecule has 188 valence electrons. The highest BCUT2D eigenvalue weighted by Crippen LogP contribution is 2.35. The van der Waals surface area contributed by atoms with Crippen molar-refractivity contribution in [3.63, 3.8) is 0 Å². The molecule has 0 saturated carbocycles. The van der Waals surface area contributed by atoms with Crippen molar-refractivity contribution < 1.29 is 19.4 Å². The van der Waals surface area contributed by atoms with Gasteiger partial charge in [-0.3, -0.25) is 4.79 Å². The number of carbonyl (C=O) groups excluding carboxylic acids is 1. The van der Waals surface area contributed by atoms with Crippen LogP contribution in [0, 0.1) is 5.92 Å². The lowest BCUT2D eigenvalue weighted by molar-refractivity contribution is -0.126. The number of fused-ring (bicyclic) bond motifs is 1. The molecule has 0 aromatic heterocycles. The van der Waals surface area contributed by atoms with Gasteiger partial charge in [0.25, 0.3) is 0 Å². The Morgan fingerprint density at radius 3 is 2.60 bits per heavy atom. The zero-order chi connectivity index (χ0) is 24.4. The second-order valence-corrected chi connectivity index (χ2v) is 10.3. The van der Waals surface area contributed by atoms with Gasteiger partial charge < -0.3 is 29.7 Å². The van der Waals surface area contributed by atoms with Crippen LogP contribution in [0.1, 0.15) is 30.9 Å². The van der Waals surface area contributed by atoms with Crippen molar-refractivity contribution in [1.82, 2.24) is 10.2 Å². The molecule has 0 radical (unpaired) electrons. The molecule has 0 spiro atoms. The highest BCUT2D eigenvalue weighted by atomic mass is 35.5. The molecule has 1 amide bonds. The first-order valence-corrected chi connectivity index (χ1v) is 13.0. The molecular weight excluding hydrogens is 489 g/mol. The molecule has 2 fully saturated rings. The third-order valence-electron chi connectivity index (χ3n) is 7.08. The van der Waals surface area contributed by atoms with E-state index >= 15 is 0 Å². The van der Waals surface area contributed by atoms with Crippen LogP contribution in [0.25, 0.3) is 0 Å². The van der Waals surface area contributed by atoms with Gasteiger partial charge in [-0.2, -0.15) is 0 Å². The lowest BCUT2D eigenvalue weighted by Crippen LogP contribution is -2.48. The number of ether oxygens (including phenoxy) is 2. The van der Waals surface area contributed by atoms with Crippen LogP contribution in [-0.4, -0.2) is 67.9 Å². The van der Waals surface area contributed by atoms with Crippen LogP contribution in [0.2, 0.25) is 10.0 Å². The lowest BCUT2D eigenvalue weighted by Gasteiger charge is -2.30. The molecule has 2 saturated heterocycles. The Morgan fingerprint density at radius 1 is 1.06 bits per heavy atom. The van der Waals surface area contributed by atoms with Gasteiger partial charge in [-0.05, 0) is 68.2 Å². The molecule has 0 bridgehead atoms. The van der Waals surface area contributed by atoms with E-state index in [1.165, 1.54) is 0 Å². The summed E-state index contributed by atoms with van der Waals surface area (Å²) in [5.41, 5.74) is 1.59. The van der Waals surface area contributed by atoms with Crippen molar-refractivity contribution in [2.75, 3.05) is 50.8 Å². The van der Waals surface area contributed by atoms with E-state index in [4.69, 9.17) is 32.7 Å². The molecule has 3 aliphatic heterocycles. The van der Waals surface area contributed by atoms with Crippen LogP contribution >= 0.6 is 23.2 Å². The second-order valence-electron chi connectivity index (χ2n) is 9.50. The van der Waals surface area contributed by atoms with Gasteiger partial charge in [0.15, 0.2) is 11.5 Å². The molecule has 2 aromatic rings. The fourth-order valence-corrected chi connectivity index (χ4v) is 5.70. The molecule has 0 unspecified atom stereocenters. The summed E-state index contributed by atoms with van der Waals surface area (Å²) in [5, 5.41) is 15.7. The van der Waals surface area contributed by atoms with E-state index in [-0.39, 0.29) is 11.8 Å². The Morgan fingerprint density at radius 2 is 1.83 bits per heavy atom. The summed E-state index contributed by atoms with van der Waals surface area (Å²) in [7, 11) is 0. The minimum atomic E-state index is -0.862. The van der Waals surface area contributed by atoms with Crippen LogP contribution < -0.4 is 19.7 Å². The maximum atomic E-state index is 13.3. The van der Waals surface area contributed by atoms with Crippen molar-refractivity contribution >= 4 is 34.8 Å². The Bertz CT molecular complexity index is 1060. The topological polar surface area (TPSA) is 74.3 Å². The number of hydrogen-bond donors (Lipinski definition) is 2. The van der Waals surface area contributed by atoms with Gasteiger partial charge in [0.05, 0.1) is 22.7 Å². The summed E-state index contributed by atoms with van der Waals surface area (Å²) < 4.78 is 11.3. The molecule has 3 atom stereocenters. The molecule has 3 aliphatic rings. The summed E-state index contributed by atoms with van der Waals surface area (Å²) in [6.45, 7) is 4.86. The van der Waals surface area contributed by atoms with Crippen LogP contribution in [0.4, 0.5) is 5.69 Å². The number of rotatable bonds is 7. The average Bonchev–Trinajstić information content (AvgIpc) is 3.55. The lowest BCUT2D eigenvalue weighted by atomic mass is 9.99. The molecule has 35 heavy (non-hydrogen) atoms. The molecule has 9 heteroatoms. The maximum absolute atomic E-state index is 13.3. The largest absolute Gasteiger partial charge is 0.486 e. The predicted octanol–water partition coefficient (Wildman–Crippen LogP) is 3.91. The number of anilines is 1. The number of amides is 1. The standard InChI is InChI=1S/C26H31Cl2N3O4/c27-19-4-5-22(20(28)14-19)31-10-7-18(15-31)26(33)29-21(16-30-8-1-2-9-30)25(32)17-3-6-23-24(13-17)35-12-11-34-23/h3-6,13-14,18,21,25,32H,1-2,7-12,15-16H2,(H,29,33)/t18-,21-,25-/m1/s1. The number of halogens is 2. The van der Waals surface area contributed by atoms with Crippen LogP contribution in [0.15, 0.2) is 36.4 Å². The second kappa shape index (κ2) is 10.8. The molecule has 2 aromatic carbocycles. The van der Waals surface area contributed by atoms with Gasteiger partial charge in [0.2, 0.25) is 5.91 Å². The monoisotopic (exact) mass is 519 g/mol. The highest BCUT2D eigenvalue weighted by Gasteiger charge is 2.33. The molecule has 3 heterocycles. The first-order valence-electron chi connectivity index (χ1n) is 12.3. The zero-order valence-corrected chi connectivity index (χ0v) is 21.1. The number of aliphatic hydroxyl groups is 1. The Kier molecular flexibility index (Phi) is 7.58. The Balaban J connectivity index is 1.29. The maximum Gasteiger partial charge on any atom is 0.225 e. The number of hydrogen-bond acceptors (Lipinski definition) is 6. The van der Waals surface area contributed by atoms with E-state index in [0.29, 0.717) is 53.4 Å². The fraction of sp³-hybridized carbons (Fsp3) is 0.500. The highest BCUT2D eigenvalue weighted by molar-refractivity contribution is 6.36. The van der Waals surface area contributed by atoms with E-state index in [9.17, 15) is 9.90 Å². The van der Waals surface area contributed by atoms with Gasteiger partial charge in [0, 0.05) is 24.7 Å². The van der Waals surface area contributed by atoms with Crippen molar-refractivity contribution in [3.8, 4) is 11.5 Å². The first-order chi connectivity index (χ1) is 17.0. The quantitative estimate of drug-likeness (QED) is 0.577. The van der Waals surface area contributed by atoms with Gasteiger partial charge in [-0.25, -0.2) is 0 Å². The smallest absolute Gasteiger partial charge is 0.225 e. The zero-order valence-electron chi connectivity index (χ0n) is 19.6. The van der Waals surface area contributed by atoms with Crippen molar-refractivity contribution in [3.05, 3.63) is 52.0 Å². The van der Waals surface area contributed by atoms with Crippen LogP contribution in [0.3, 0.4) is 0 Å². The third kappa shape index (κ3) is 5.64. The van der Waals surface area contributed by atoms with Gasteiger partial charge in [-0.15, -0.1) is 0 Å². The van der Waals surface area contributed by atoms with Gasteiger partial charge in [0.1, 0.15) is 19.3 Å². The minimum Gasteiger partial charge on any atom is -0.486 e. The molecule has 5 rings (SSSR count). The van der Waals surface area contributed by atoms with Crippen LogP contribution in [-0.2, 0) is 4.79 Å². The number of carbonyl (C=O) groups is 1. The van der Waals surface area contributed by atoms with E-state index in [1.807, 2.05) is 30.3 Å². The predicted molar refractivity (Wildman–Crippen MR) is 137 cm³/mol. The average molecular weight is 520 g/mol. The van der Waals surface area contributed by atoms with Crippen molar-refractivity contribution in [2.24, 2.45) is 5.92 Å². The van der Waals surface area contributed by atoms with Gasteiger partial charge in [-0.1, -0.05) is 29.3 Å². The number of aliphatic hydroxyl groups excluding tert-OH is 1. The molecular formula is C26H31Cl2N3O4. The number of nitrogens with zero attached hydrogens (tertiary/aromatic N) is 2. The van der Waals surface area contributed by atoms with E-state index in [2.05, 4.69) is 15.1 Å². The molecule has 0 aliphatic carbocycles. The first kappa shape index (κ1) is 24.5. The minimum absolute atomic E-state index is 0.0432. The van der Waals surface area contributed by atoms with Gasteiger partial charge >= 0.3 is 0 Å². The van der Waals surface area contributed by atoms with E-state index in [0.717, 1.165) is 44.6 Å². The van der Waals surface area contributed by atoms with Crippen molar-refractivity contribution in [1.29, 1.82) is 0 Å². The molecule has 7 nitrogen and oxygen atoms in total. The summed E-state index contributed by atoms with van der Waals surface area (Å²) in [6, 6.07) is 10.5. The number of nitrogens with one attached hydrogen (secondary N) is 1. The number of likely N-dealkylation sites (tertiary alicyclic amines) is 1. The summed E-state index contributed by atoms with van der Waals surface area (Å²) >= 11 is 12.4. The van der Waals surface area contributed by atoms with Crippen LogP contribution in [0.5, 0.6) is 11.5 Å². The fourth-order valence-electron chi connectivity index (χ4n) is 5.18.